The number of carbonyl (C=O) groups is 2. The molecule has 0 fully saturated rings. The van der Waals surface area contributed by atoms with Gasteiger partial charge in [-0.2, -0.15) is 0 Å². The maximum atomic E-state index is 12.6. The van der Waals surface area contributed by atoms with Gasteiger partial charge in [0.25, 0.3) is 0 Å². The fraction of sp³-hybridized carbons (Fsp3) is 0.419. The average molecular weight is 533 g/mol. The quantitative estimate of drug-likeness (QED) is 0.130. The number of rotatable bonds is 14. The van der Waals surface area contributed by atoms with Crippen molar-refractivity contribution >= 4 is 33.7 Å². The second-order valence-corrected chi connectivity index (χ2v) is 10.6. The van der Waals surface area contributed by atoms with Crippen LogP contribution < -0.4 is 9.47 Å². The van der Waals surface area contributed by atoms with Gasteiger partial charge in [-0.1, -0.05) is 18.6 Å². The fourth-order valence-corrected chi connectivity index (χ4v) is 4.75. The highest BCUT2D eigenvalue weighted by Gasteiger charge is 2.15. The van der Waals surface area contributed by atoms with Crippen molar-refractivity contribution in [3.63, 3.8) is 0 Å². The first-order chi connectivity index (χ1) is 18.8. The number of fused-ring (bicyclic) bond motifs is 2. The van der Waals surface area contributed by atoms with Crippen molar-refractivity contribution in [1.82, 2.24) is 19.8 Å². The lowest BCUT2D eigenvalue weighted by molar-refractivity contribution is -0.134. The Morgan fingerprint density at radius 2 is 1.10 bits per heavy atom. The predicted molar refractivity (Wildman–Crippen MR) is 155 cm³/mol. The van der Waals surface area contributed by atoms with Crippen LogP contribution in [0.3, 0.4) is 0 Å². The summed E-state index contributed by atoms with van der Waals surface area (Å²) in [5, 5.41) is 1.94. The van der Waals surface area contributed by atoms with E-state index in [0.717, 1.165) is 65.3 Å². The summed E-state index contributed by atoms with van der Waals surface area (Å²) in [4.78, 5) is 36.0. The van der Waals surface area contributed by atoms with Crippen molar-refractivity contribution in [3.8, 4) is 11.5 Å². The van der Waals surface area contributed by atoms with Gasteiger partial charge >= 0.3 is 11.9 Å². The molecular formula is C31H40N4O4. The summed E-state index contributed by atoms with van der Waals surface area (Å²) in [6.07, 6.45) is 8.39. The van der Waals surface area contributed by atoms with Gasteiger partial charge < -0.3 is 29.2 Å². The molecule has 2 N–H and O–H groups in total. The molecule has 8 nitrogen and oxygen atoms in total. The van der Waals surface area contributed by atoms with Crippen LogP contribution in [0.2, 0.25) is 0 Å². The van der Waals surface area contributed by atoms with E-state index in [1.165, 1.54) is 0 Å². The number of likely N-dealkylation sites (N-methyl/N-ethyl adjacent to an activating group) is 2. The Morgan fingerprint density at radius 1 is 0.667 bits per heavy atom. The van der Waals surface area contributed by atoms with Gasteiger partial charge in [0.1, 0.15) is 11.5 Å². The van der Waals surface area contributed by atoms with Crippen molar-refractivity contribution in [2.45, 2.75) is 44.9 Å². The van der Waals surface area contributed by atoms with Crippen LogP contribution in [0.5, 0.6) is 11.5 Å². The lowest BCUT2D eigenvalue weighted by Gasteiger charge is -2.11. The molecule has 2 aromatic carbocycles. The number of H-pyrrole nitrogens is 2. The molecule has 0 radical (unpaired) electrons. The minimum Gasteiger partial charge on any atom is -0.426 e. The third kappa shape index (κ3) is 7.71. The minimum absolute atomic E-state index is 0.255. The molecule has 0 atom stereocenters. The van der Waals surface area contributed by atoms with E-state index in [2.05, 4.69) is 19.8 Å². The van der Waals surface area contributed by atoms with E-state index in [1.54, 1.807) is 0 Å². The van der Waals surface area contributed by atoms with Gasteiger partial charge in [-0.25, -0.2) is 0 Å². The number of carbonyl (C=O) groups excluding carboxylic acids is 2. The zero-order chi connectivity index (χ0) is 27.8. The summed E-state index contributed by atoms with van der Waals surface area (Å²) in [6.45, 7) is 1.82. The number of hydrogen-bond acceptors (Lipinski definition) is 6. The number of benzene rings is 2. The summed E-state index contributed by atoms with van der Waals surface area (Å²) < 4.78 is 11.5. The minimum atomic E-state index is -0.255. The molecule has 0 aliphatic heterocycles. The van der Waals surface area contributed by atoms with E-state index in [9.17, 15) is 9.59 Å². The Bertz CT molecular complexity index is 1300. The van der Waals surface area contributed by atoms with Gasteiger partial charge in [0.05, 0.1) is 0 Å². The van der Waals surface area contributed by atoms with Gasteiger partial charge in [0.15, 0.2) is 0 Å². The summed E-state index contributed by atoms with van der Waals surface area (Å²) in [5.41, 5.74) is 4.21. The van der Waals surface area contributed by atoms with E-state index in [1.807, 2.05) is 77.0 Å². The van der Waals surface area contributed by atoms with Crippen LogP contribution in [0.25, 0.3) is 21.8 Å². The Hall–Kier alpha value is -3.62. The second kappa shape index (κ2) is 13.4. The molecule has 0 bridgehead atoms. The van der Waals surface area contributed by atoms with Crippen LogP contribution in [0.1, 0.15) is 43.2 Å². The molecule has 0 aliphatic rings. The average Bonchev–Trinajstić information content (AvgIpc) is 3.51. The van der Waals surface area contributed by atoms with Gasteiger partial charge in [0.2, 0.25) is 0 Å². The van der Waals surface area contributed by atoms with E-state index >= 15 is 0 Å². The molecule has 0 amide bonds. The first-order valence-electron chi connectivity index (χ1n) is 13.7. The van der Waals surface area contributed by atoms with E-state index in [-0.39, 0.29) is 11.9 Å². The van der Waals surface area contributed by atoms with Crippen LogP contribution in [0, 0.1) is 0 Å². The normalized spacial score (nSPS) is 11.6. The molecule has 4 aromatic rings. The van der Waals surface area contributed by atoms with E-state index < -0.39 is 0 Å². The number of ether oxygens (including phenoxy) is 2. The van der Waals surface area contributed by atoms with Crippen molar-refractivity contribution in [2.24, 2.45) is 0 Å². The largest absolute Gasteiger partial charge is 0.426 e. The molecule has 208 valence electrons. The van der Waals surface area contributed by atoms with Gasteiger partial charge in [-0.3, -0.25) is 9.59 Å². The fourth-order valence-electron chi connectivity index (χ4n) is 4.75. The molecular weight excluding hydrogens is 492 g/mol. The van der Waals surface area contributed by atoms with Crippen LogP contribution in [0.4, 0.5) is 0 Å². The number of hydrogen-bond donors (Lipinski definition) is 2. The summed E-state index contributed by atoms with van der Waals surface area (Å²) in [6, 6.07) is 11.5. The molecule has 0 saturated heterocycles. The summed E-state index contributed by atoms with van der Waals surface area (Å²) in [5.74, 6) is 0.684. The highest BCUT2D eigenvalue weighted by atomic mass is 16.5. The summed E-state index contributed by atoms with van der Waals surface area (Å²) in [7, 11) is 8.17. The molecule has 0 aliphatic carbocycles. The van der Waals surface area contributed by atoms with E-state index in [4.69, 9.17) is 9.47 Å². The van der Waals surface area contributed by atoms with Crippen molar-refractivity contribution < 1.29 is 19.1 Å². The van der Waals surface area contributed by atoms with Crippen LogP contribution in [-0.2, 0) is 22.4 Å². The number of esters is 2. The molecule has 39 heavy (non-hydrogen) atoms. The van der Waals surface area contributed by atoms with Gasteiger partial charge in [-0.15, -0.1) is 0 Å². The lowest BCUT2D eigenvalue weighted by Crippen LogP contribution is -2.15. The highest BCUT2D eigenvalue weighted by Crippen LogP contribution is 2.31. The van der Waals surface area contributed by atoms with Crippen LogP contribution in [0.15, 0.2) is 48.8 Å². The van der Waals surface area contributed by atoms with Crippen molar-refractivity contribution in [2.75, 3.05) is 41.3 Å². The third-order valence-corrected chi connectivity index (χ3v) is 6.86. The van der Waals surface area contributed by atoms with Crippen LogP contribution >= 0.6 is 0 Å². The number of nitrogens with one attached hydrogen (secondary N) is 2. The SMILES string of the molecule is CN(C)CCc1c[nH]c2cccc(OC(=O)CCCCCC(=O)Oc3cccc4[nH]cc(CCN(C)C)c34)c12. The monoisotopic (exact) mass is 532 g/mol. The first kappa shape index (κ1) is 28.4. The van der Waals surface area contributed by atoms with Crippen LogP contribution in [-0.4, -0.2) is 73.0 Å². The zero-order valence-corrected chi connectivity index (χ0v) is 23.5. The maximum absolute atomic E-state index is 12.6. The number of unbranched alkanes of at least 4 members (excludes halogenated alkanes) is 2. The Labute approximate surface area is 230 Å². The maximum Gasteiger partial charge on any atom is 0.311 e. The predicted octanol–water partition coefficient (Wildman–Crippen LogP) is 5.32. The van der Waals surface area contributed by atoms with Gasteiger partial charge in [-0.05, 0) is 89.3 Å². The number of aromatic nitrogens is 2. The van der Waals surface area contributed by atoms with Crippen molar-refractivity contribution in [1.29, 1.82) is 0 Å². The Morgan fingerprint density at radius 3 is 1.51 bits per heavy atom. The highest BCUT2D eigenvalue weighted by molar-refractivity contribution is 5.92. The van der Waals surface area contributed by atoms with Crippen molar-refractivity contribution in [3.05, 3.63) is 59.9 Å². The molecule has 2 heterocycles. The molecule has 8 heteroatoms. The van der Waals surface area contributed by atoms with Gasteiger partial charge in [0, 0.05) is 60.1 Å². The molecule has 4 rings (SSSR count). The Balaban J connectivity index is 1.23. The summed E-state index contributed by atoms with van der Waals surface area (Å²) >= 11 is 0. The Kier molecular flexibility index (Phi) is 9.79. The molecule has 2 aromatic heterocycles. The molecule has 0 saturated carbocycles. The second-order valence-electron chi connectivity index (χ2n) is 10.6. The first-order valence-corrected chi connectivity index (χ1v) is 13.7. The number of aromatic amines is 2. The smallest absolute Gasteiger partial charge is 0.311 e. The molecule has 0 unspecified atom stereocenters. The van der Waals surface area contributed by atoms with E-state index in [0.29, 0.717) is 37.2 Å². The standard InChI is InChI=1S/C31H40N4O4/c1-34(2)18-16-22-20-32-24-10-8-12-26(30(22)24)38-28(36)14-6-5-7-15-29(37)39-27-13-9-11-25-31(27)23(21-33-25)17-19-35(3)4/h8-13,20-21,32-33H,5-7,14-19H2,1-4H3. The molecule has 0 spiro atoms. The lowest BCUT2D eigenvalue weighted by atomic mass is 10.1. The topological polar surface area (TPSA) is 90.7 Å². The number of nitrogens with zero attached hydrogens (tertiary/aromatic N) is 2. The zero-order valence-electron chi connectivity index (χ0n) is 23.5. The third-order valence-electron chi connectivity index (χ3n) is 6.86.